The Morgan fingerprint density at radius 2 is 1.96 bits per heavy atom. The van der Waals surface area contributed by atoms with Crippen LogP contribution in [-0.4, -0.2) is 24.4 Å². The highest BCUT2D eigenvalue weighted by Crippen LogP contribution is 2.30. The largest absolute Gasteiger partial charge is 0.322 e. The van der Waals surface area contributed by atoms with Gasteiger partial charge in [0.1, 0.15) is 5.82 Å². The third-order valence-corrected chi connectivity index (χ3v) is 3.64. The Morgan fingerprint density at radius 3 is 2.48 bits per heavy atom. The van der Waals surface area contributed by atoms with Crippen LogP contribution < -0.4 is 11.2 Å². The smallest absolute Gasteiger partial charge is 0.253 e. The highest BCUT2D eigenvalue weighted by atomic mass is 19.3. The summed E-state index contributed by atoms with van der Waals surface area (Å²) in [6.07, 6.45) is -1.44. The van der Waals surface area contributed by atoms with Crippen molar-refractivity contribution in [2.75, 3.05) is 12.4 Å². The molecule has 0 aliphatic carbocycles. The van der Waals surface area contributed by atoms with Gasteiger partial charge in [-0.3, -0.25) is 4.79 Å². The van der Waals surface area contributed by atoms with Crippen LogP contribution in [0.5, 0.6) is 0 Å². The number of carbonyl (C=O) groups is 1. The Morgan fingerprint density at radius 1 is 1.32 bits per heavy atom. The quantitative estimate of drug-likeness (QED) is 0.415. The predicted octanol–water partition coefficient (Wildman–Crippen LogP) is 4.26. The van der Waals surface area contributed by atoms with Crippen molar-refractivity contribution >= 4 is 11.6 Å². The molecule has 1 rings (SSSR count). The first-order valence-electron chi connectivity index (χ1n) is 8.17. The zero-order valence-corrected chi connectivity index (χ0v) is 15.0. The van der Waals surface area contributed by atoms with Crippen LogP contribution in [0.15, 0.2) is 30.0 Å². The van der Waals surface area contributed by atoms with Gasteiger partial charge in [-0.05, 0) is 42.0 Å². The van der Waals surface area contributed by atoms with Crippen molar-refractivity contribution in [3.05, 3.63) is 41.4 Å². The van der Waals surface area contributed by atoms with Gasteiger partial charge in [-0.1, -0.05) is 20.8 Å². The van der Waals surface area contributed by atoms with Gasteiger partial charge < -0.3 is 10.3 Å². The van der Waals surface area contributed by atoms with Crippen molar-refractivity contribution in [3.8, 4) is 0 Å². The van der Waals surface area contributed by atoms with E-state index in [1.54, 1.807) is 0 Å². The minimum Gasteiger partial charge on any atom is -0.322 e. The number of halogens is 3. The van der Waals surface area contributed by atoms with Gasteiger partial charge >= 0.3 is 0 Å². The fourth-order valence-electron chi connectivity index (χ4n) is 2.71. The van der Waals surface area contributed by atoms with Crippen LogP contribution >= 0.6 is 0 Å². The normalized spacial score (nSPS) is 13.3. The van der Waals surface area contributed by atoms with Gasteiger partial charge in [0.2, 0.25) is 6.43 Å². The van der Waals surface area contributed by atoms with Gasteiger partial charge in [-0.15, -0.1) is 0 Å². The molecule has 140 valence electrons. The maximum atomic E-state index is 13.6. The molecule has 0 heterocycles. The first kappa shape index (κ1) is 21.0. The molecule has 3 N–H and O–H groups in total. The van der Waals surface area contributed by atoms with Crippen molar-refractivity contribution < 1.29 is 18.0 Å². The van der Waals surface area contributed by atoms with E-state index in [0.717, 1.165) is 17.6 Å². The maximum Gasteiger partial charge on any atom is 0.253 e. The van der Waals surface area contributed by atoms with E-state index < -0.39 is 24.6 Å². The number of hydrogen-bond donors (Lipinski definition) is 2. The lowest BCUT2D eigenvalue weighted by molar-refractivity contribution is -0.113. The van der Waals surface area contributed by atoms with E-state index in [2.05, 4.69) is 19.2 Å². The molecule has 1 atom stereocenters. The van der Waals surface area contributed by atoms with E-state index >= 15 is 0 Å². The zero-order valence-electron chi connectivity index (χ0n) is 15.0. The van der Waals surface area contributed by atoms with Crippen molar-refractivity contribution in [1.29, 1.82) is 0 Å². The Kier molecular flexibility index (Phi) is 7.96. The van der Waals surface area contributed by atoms with Gasteiger partial charge in [0.05, 0.1) is 0 Å². The van der Waals surface area contributed by atoms with Gasteiger partial charge in [-0.25, -0.2) is 19.0 Å². The molecule has 0 radical (unpaired) electrons. The van der Waals surface area contributed by atoms with Gasteiger partial charge in [0.25, 0.3) is 5.91 Å². The summed E-state index contributed by atoms with van der Waals surface area (Å²) in [6, 6.07) is 4.05. The van der Waals surface area contributed by atoms with Crippen LogP contribution in [0.2, 0.25) is 0 Å². The lowest BCUT2D eigenvalue weighted by Gasteiger charge is -2.20. The molecular weight excluding hydrogens is 331 g/mol. The Balaban J connectivity index is 3.09. The van der Waals surface area contributed by atoms with E-state index in [-0.39, 0.29) is 11.5 Å². The van der Waals surface area contributed by atoms with Crippen molar-refractivity contribution in [2.24, 2.45) is 11.8 Å². The molecule has 0 spiro atoms. The fourth-order valence-corrected chi connectivity index (χ4v) is 2.71. The first-order valence-corrected chi connectivity index (χ1v) is 8.17. The molecule has 1 amide bonds. The molecule has 0 bridgehead atoms. The number of hydrogen-bond acceptors (Lipinski definition) is 3. The average Bonchev–Trinajstić information content (AvgIpc) is 2.46. The van der Waals surface area contributed by atoms with Crippen LogP contribution in [-0.2, 0) is 4.79 Å². The SMILES string of the molecule is CC(C)CC(C)c1cc(F)ccc1NC(=O)/C(=C/N(C)N)CC(F)F. The minimum atomic E-state index is -2.68. The Hall–Kier alpha value is -2.02. The van der Waals surface area contributed by atoms with E-state index in [4.69, 9.17) is 5.84 Å². The third kappa shape index (κ3) is 7.17. The van der Waals surface area contributed by atoms with E-state index in [9.17, 15) is 18.0 Å². The number of nitrogens with one attached hydrogen (secondary N) is 1. The summed E-state index contributed by atoms with van der Waals surface area (Å²) >= 11 is 0. The number of alkyl halides is 2. The fraction of sp³-hybridized carbons (Fsp3) is 0.500. The lowest BCUT2D eigenvalue weighted by atomic mass is 9.90. The third-order valence-electron chi connectivity index (χ3n) is 3.64. The number of benzene rings is 1. The van der Waals surface area contributed by atoms with Gasteiger partial charge in [-0.2, -0.15) is 0 Å². The molecule has 4 nitrogen and oxygen atoms in total. The highest BCUT2D eigenvalue weighted by Gasteiger charge is 2.19. The van der Waals surface area contributed by atoms with Crippen LogP contribution in [0.1, 0.15) is 45.1 Å². The summed E-state index contributed by atoms with van der Waals surface area (Å²) in [4.78, 5) is 12.4. The number of nitrogens with zero attached hydrogens (tertiary/aromatic N) is 1. The van der Waals surface area contributed by atoms with E-state index in [1.165, 1.54) is 25.2 Å². The summed E-state index contributed by atoms with van der Waals surface area (Å²) in [7, 11) is 1.44. The number of rotatable bonds is 8. The summed E-state index contributed by atoms with van der Waals surface area (Å²) in [5, 5.41) is 3.66. The van der Waals surface area contributed by atoms with Gasteiger partial charge in [0, 0.05) is 30.9 Å². The number of nitrogens with two attached hydrogens (primary N) is 1. The molecule has 0 aliphatic heterocycles. The van der Waals surface area contributed by atoms with E-state index in [1.807, 2.05) is 6.92 Å². The molecule has 0 aliphatic rings. The minimum absolute atomic E-state index is 0.00529. The molecule has 1 aromatic carbocycles. The summed E-state index contributed by atoms with van der Waals surface area (Å²) in [6.45, 7) is 6.04. The molecule has 7 heteroatoms. The van der Waals surface area contributed by atoms with Crippen molar-refractivity contribution in [1.82, 2.24) is 5.01 Å². The number of carbonyl (C=O) groups excluding carboxylic acids is 1. The second-order valence-electron chi connectivity index (χ2n) is 6.63. The van der Waals surface area contributed by atoms with Crippen molar-refractivity contribution in [2.45, 2.75) is 46.0 Å². The van der Waals surface area contributed by atoms with Crippen LogP contribution in [0.3, 0.4) is 0 Å². The topological polar surface area (TPSA) is 58.4 Å². The van der Waals surface area contributed by atoms with Crippen LogP contribution in [0.25, 0.3) is 0 Å². The number of amides is 1. The number of hydrazine groups is 1. The number of anilines is 1. The average molecular weight is 357 g/mol. The first-order chi connectivity index (χ1) is 11.6. The second kappa shape index (κ2) is 9.46. The zero-order chi connectivity index (χ0) is 19.1. The van der Waals surface area contributed by atoms with E-state index in [0.29, 0.717) is 17.2 Å². The molecule has 0 saturated heterocycles. The van der Waals surface area contributed by atoms with Gasteiger partial charge in [0.15, 0.2) is 0 Å². The standard InChI is InChI=1S/C18H26F3N3O/c1-11(2)7-12(3)15-9-14(19)5-6-16(15)23-18(25)13(8-17(20)21)10-24(4)22/h5-6,9-12,17H,7-8,22H2,1-4H3,(H,23,25)/b13-10+. The Bertz CT molecular complexity index is 616. The molecule has 1 aromatic rings. The molecule has 25 heavy (non-hydrogen) atoms. The summed E-state index contributed by atoms with van der Waals surface area (Å²) < 4.78 is 39.1. The predicted molar refractivity (Wildman–Crippen MR) is 93.6 cm³/mol. The summed E-state index contributed by atoms with van der Waals surface area (Å²) in [5.74, 6) is 4.74. The molecule has 0 fully saturated rings. The lowest BCUT2D eigenvalue weighted by Crippen LogP contribution is -2.24. The molecule has 1 unspecified atom stereocenters. The van der Waals surface area contributed by atoms with Crippen LogP contribution in [0.4, 0.5) is 18.9 Å². The molecule has 0 aromatic heterocycles. The molecule has 0 saturated carbocycles. The van der Waals surface area contributed by atoms with Crippen molar-refractivity contribution in [3.63, 3.8) is 0 Å². The van der Waals surface area contributed by atoms with Crippen LogP contribution in [0, 0.1) is 11.7 Å². The maximum absolute atomic E-state index is 13.6. The monoisotopic (exact) mass is 357 g/mol. The Labute approximate surface area is 146 Å². The molecular formula is C18H26F3N3O. The summed E-state index contributed by atoms with van der Waals surface area (Å²) in [5.41, 5.74) is 0.908. The second-order valence-corrected chi connectivity index (χ2v) is 6.63. The highest BCUT2D eigenvalue weighted by molar-refractivity contribution is 6.04.